The minimum absolute atomic E-state index is 0.194. The van der Waals surface area contributed by atoms with Gasteiger partial charge in [0.25, 0.3) is 0 Å². The number of amides is 2. The molecule has 0 atom stereocenters. The summed E-state index contributed by atoms with van der Waals surface area (Å²) in [5, 5.41) is 14.6. The van der Waals surface area contributed by atoms with E-state index >= 15 is 0 Å². The molecule has 3 rings (SSSR count). The van der Waals surface area contributed by atoms with Gasteiger partial charge in [0.05, 0.1) is 5.69 Å². The van der Waals surface area contributed by atoms with E-state index in [1.165, 1.54) is 11.8 Å². The molecule has 0 aliphatic carbocycles. The third kappa shape index (κ3) is 5.62. The van der Waals surface area contributed by atoms with Crippen LogP contribution in [0.2, 0.25) is 0 Å². The third-order valence-electron chi connectivity index (χ3n) is 3.95. The van der Waals surface area contributed by atoms with Crippen molar-refractivity contribution in [2.45, 2.75) is 16.2 Å². The Kier molecular flexibility index (Phi) is 6.70. The third-order valence-corrected chi connectivity index (χ3v) is 5.03. The molecule has 0 radical (unpaired) electrons. The molecular formula is C22H20N2O3S. The van der Waals surface area contributed by atoms with Gasteiger partial charge in [-0.1, -0.05) is 54.2 Å². The van der Waals surface area contributed by atoms with Crippen molar-refractivity contribution >= 4 is 29.3 Å². The Balaban J connectivity index is 1.55. The minimum atomic E-state index is -0.702. The number of hydrogen-bond donors (Lipinski definition) is 3. The first-order valence-corrected chi connectivity index (χ1v) is 9.62. The second-order valence-electron chi connectivity index (χ2n) is 6.04. The van der Waals surface area contributed by atoms with Gasteiger partial charge in [0.1, 0.15) is 5.75 Å². The monoisotopic (exact) mass is 392 g/mol. The summed E-state index contributed by atoms with van der Waals surface area (Å²) in [4.78, 5) is 26.2. The van der Waals surface area contributed by atoms with E-state index in [1.54, 1.807) is 30.3 Å². The van der Waals surface area contributed by atoms with Crippen molar-refractivity contribution in [1.29, 1.82) is 0 Å². The number of phenolic OH excluding ortho intramolecular Hbond substituents is 1. The first-order chi connectivity index (χ1) is 13.6. The maximum atomic E-state index is 12.2. The standard InChI is InChI=1S/C22H20N2O3S/c25-17-12-10-16(11-13-17)14-15-23-21(26)22(27)24-19-8-4-5-9-20(19)28-18-6-2-1-3-7-18/h1-13,25H,14-15H2,(H,23,26)(H,24,27). The Hall–Kier alpha value is -3.25. The van der Waals surface area contributed by atoms with E-state index in [2.05, 4.69) is 10.6 Å². The average Bonchev–Trinajstić information content (AvgIpc) is 2.71. The van der Waals surface area contributed by atoms with Gasteiger partial charge in [-0.3, -0.25) is 9.59 Å². The number of carbonyl (C=O) groups excluding carboxylic acids is 2. The smallest absolute Gasteiger partial charge is 0.313 e. The van der Waals surface area contributed by atoms with Crippen molar-refractivity contribution in [2.75, 3.05) is 11.9 Å². The van der Waals surface area contributed by atoms with E-state index in [4.69, 9.17) is 0 Å². The topological polar surface area (TPSA) is 78.4 Å². The van der Waals surface area contributed by atoms with E-state index in [1.807, 2.05) is 48.5 Å². The van der Waals surface area contributed by atoms with Gasteiger partial charge in [-0.15, -0.1) is 0 Å². The highest BCUT2D eigenvalue weighted by Gasteiger charge is 2.15. The lowest BCUT2D eigenvalue weighted by Crippen LogP contribution is -2.36. The lowest BCUT2D eigenvalue weighted by atomic mass is 10.1. The van der Waals surface area contributed by atoms with Gasteiger partial charge in [0.2, 0.25) is 0 Å². The summed E-state index contributed by atoms with van der Waals surface area (Å²) in [6.45, 7) is 0.331. The largest absolute Gasteiger partial charge is 0.508 e. The van der Waals surface area contributed by atoms with Crippen LogP contribution in [0.3, 0.4) is 0 Å². The SMILES string of the molecule is O=C(NCCc1ccc(O)cc1)C(=O)Nc1ccccc1Sc1ccccc1. The Bertz CT molecular complexity index is 944. The summed E-state index contributed by atoms with van der Waals surface area (Å²) in [7, 11) is 0. The number of nitrogens with one attached hydrogen (secondary N) is 2. The Labute approximate surface area is 167 Å². The van der Waals surface area contributed by atoms with Gasteiger partial charge < -0.3 is 15.7 Å². The molecule has 2 amide bonds. The normalized spacial score (nSPS) is 10.3. The molecule has 0 aromatic heterocycles. The van der Waals surface area contributed by atoms with Gasteiger partial charge in [-0.05, 0) is 48.4 Å². The van der Waals surface area contributed by atoms with Gasteiger partial charge >= 0.3 is 11.8 Å². The highest BCUT2D eigenvalue weighted by atomic mass is 32.2. The maximum Gasteiger partial charge on any atom is 0.313 e. The zero-order chi connectivity index (χ0) is 19.8. The quantitative estimate of drug-likeness (QED) is 0.557. The molecule has 0 spiro atoms. The fourth-order valence-electron chi connectivity index (χ4n) is 2.52. The van der Waals surface area contributed by atoms with Crippen LogP contribution in [-0.2, 0) is 16.0 Å². The molecule has 0 unspecified atom stereocenters. The van der Waals surface area contributed by atoms with Crippen molar-refractivity contribution in [3.05, 3.63) is 84.4 Å². The Morgan fingerprint density at radius 3 is 2.25 bits per heavy atom. The van der Waals surface area contributed by atoms with Crippen molar-refractivity contribution < 1.29 is 14.7 Å². The van der Waals surface area contributed by atoms with E-state index in [-0.39, 0.29) is 5.75 Å². The molecule has 0 saturated carbocycles. The molecule has 5 nitrogen and oxygen atoms in total. The number of anilines is 1. The summed E-state index contributed by atoms with van der Waals surface area (Å²) >= 11 is 1.52. The van der Waals surface area contributed by atoms with Crippen LogP contribution in [0.1, 0.15) is 5.56 Å². The summed E-state index contributed by atoms with van der Waals surface area (Å²) in [6, 6.07) is 23.9. The number of para-hydroxylation sites is 1. The van der Waals surface area contributed by atoms with Crippen LogP contribution in [0.25, 0.3) is 0 Å². The molecule has 3 aromatic carbocycles. The zero-order valence-corrected chi connectivity index (χ0v) is 15.9. The summed E-state index contributed by atoms with van der Waals surface area (Å²) < 4.78 is 0. The van der Waals surface area contributed by atoms with E-state index < -0.39 is 11.8 Å². The number of benzene rings is 3. The molecule has 6 heteroatoms. The van der Waals surface area contributed by atoms with Crippen LogP contribution >= 0.6 is 11.8 Å². The molecular weight excluding hydrogens is 372 g/mol. The second-order valence-corrected chi connectivity index (χ2v) is 7.15. The first-order valence-electron chi connectivity index (χ1n) is 8.81. The summed E-state index contributed by atoms with van der Waals surface area (Å²) in [5.41, 5.74) is 1.55. The molecule has 0 heterocycles. The van der Waals surface area contributed by atoms with Crippen LogP contribution in [0.15, 0.2) is 88.7 Å². The molecule has 28 heavy (non-hydrogen) atoms. The first kappa shape index (κ1) is 19.5. The lowest BCUT2D eigenvalue weighted by Gasteiger charge is -2.11. The summed E-state index contributed by atoms with van der Waals surface area (Å²) in [6.07, 6.45) is 0.569. The summed E-state index contributed by atoms with van der Waals surface area (Å²) in [5.74, 6) is -1.19. The second kappa shape index (κ2) is 9.62. The van der Waals surface area contributed by atoms with Gasteiger partial charge in [0, 0.05) is 16.3 Å². The average molecular weight is 392 g/mol. The van der Waals surface area contributed by atoms with Crippen molar-refractivity contribution in [2.24, 2.45) is 0 Å². The number of rotatable bonds is 6. The fourth-order valence-corrected chi connectivity index (χ4v) is 3.44. The van der Waals surface area contributed by atoms with Crippen molar-refractivity contribution in [3.8, 4) is 5.75 Å². The lowest BCUT2D eigenvalue weighted by molar-refractivity contribution is -0.136. The van der Waals surface area contributed by atoms with Crippen LogP contribution in [0.5, 0.6) is 5.75 Å². The van der Waals surface area contributed by atoms with Crippen LogP contribution in [0.4, 0.5) is 5.69 Å². The molecule has 0 aliphatic rings. The molecule has 3 N–H and O–H groups in total. The van der Waals surface area contributed by atoms with Crippen LogP contribution in [0, 0.1) is 0 Å². The minimum Gasteiger partial charge on any atom is -0.508 e. The Morgan fingerprint density at radius 1 is 0.821 bits per heavy atom. The Morgan fingerprint density at radius 2 is 1.50 bits per heavy atom. The van der Waals surface area contributed by atoms with Gasteiger partial charge in [-0.25, -0.2) is 0 Å². The fraction of sp³-hybridized carbons (Fsp3) is 0.0909. The highest BCUT2D eigenvalue weighted by Crippen LogP contribution is 2.33. The van der Waals surface area contributed by atoms with Gasteiger partial charge in [-0.2, -0.15) is 0 Å². The van der Waals surface area contributed by atoms with Crippen LogP contribution in [-0.4, -0.2) is 23.5 Å². The van der Waals surface area contributed by atoms with Crippen molar-refractivity contribution in [1.82, 2.24) is 5.32 Å². The van der Waals surface area contributed by atoms with Crippen molar-refractivity contribution in [3.63, 3.8) is 0 Å². The maximum absolute atomic E-state index is 12.2. The molecule has 0 fully saturated rings. The predicted molar refractivity (Wildman–Crippen MR) is 110 cm³/mol. The highest BCUT2D eigenvalue weighted by molar-refractivity contribution is 7.99. The number of aromatic hydroxyl groups is 1. The van der Waals surface area contributed by atoms with E-state index in [9.17, 15) is 14.7 Å². The zero-order valence-electron chi connectivity index (χ0n) is 15.1. The van der Waals surface area contributed by atoms with E-state index in [0.717, 1.165) is 15.4 Å². The van der Waals surface area contributed by atoms with Gasteiger partial charge in [0.15, 0.2) is 0 Å². The molecule has 0 aliphatic heterocycles. The van der Waals surface area contributed by atoms with Crippen LogP contribution < -0.4 is 10.6 Å². The molecule has 0 bridgehead atoms. The molecule has 0 saturated heterocycles. The molecule has 3 aromatic rings. The number of carbonyl (C=O) groups is 2. The van der Waals surface area contributed by atoms with E-state index in [0.29, 0.717) is 18.7 Å². The molecule has 142 valence electrons. The number of hydrogen-bond acceptors (Lipinski definition) is 4. The predicted octanol–water partition coefficient (Wildman–Crippen LogP) is 3.84. The number of phenols is 1.